The zero-order chi connectivity index (χ0) is 19.2. The molecular formula is C21H19ClN2O3. The summed E-state index contributed by atoms with van der Waals surface area (Å²) in [4.78, 5) is 16.9. The number of aromatic nitrogens is 1. The van der Waals surface area contributed by atoms with E-state index in [1.165, 1.54) is 0 Å². The molecule has 0 spiro atoms. The van der Waals surface area contributed by atoms with Gasteiger partial charge in [0.15, 0.2) is 0 Å². The summed E-state index contributed by atoms with van der Waals surface area (Å²) in [6, 6.07) is 17.8. The van der Waals surface area contributed by atoms with Crippen LogP contribution in [0.2, 0.25) is 5.02 Å². The van der Waals surface area contributed by atoms with E-state index in [9.17, 15) is 4.79 Å². The lowest BCUT2D eigenvalue weighted by molar-refractivity contribution is 0.102. The minimum absolute atomic E-state index is 0.213. The maximum absolute atomic E-state index is 12.5. The van der Waals surface area contributed by atoms with E-state index in [2.05, 4.69) is 10.3 Å². The van der Waals surface area contributed by atoms with Gasteiger partial charge in [-0.2, -0.15) is 0 Å². The molecule has 0 atom stereocenters. The maximum Gasteiger partial charge on any atom is 0.257 e. The fraction of sp³-hybridized carbons (Fsp3) is 0.143. The molecular weight excluding hydrogens is 364 g/mol. The number of halogens is 1. The molecule has 0 fully saturated rings. The number of nitrogens with one attached hydrogen (secondary N) is 1. The van der Waals surface area contributed by atoms with Gasteiger partial charge in [-0.25, -0.2) is 0 Å². The number of anilines is 1. The summed E-state index contributed by atoms with van der Waals surface area (Å²) in [7, 11) is 1.61. The number of carbonyl (C=O) groups is 1. The van der Waals surface area contributed by atoms with Crippen LogP contribution in [0.3, 0.4) is 0 Å². The van der Waals surface area contributed by atoms with E-state index >= 15 is 0 Å². The normalized spacial score (nSPS) is 10.5. The van der Waals surface area contributed by atoms with Crippen LogP contribution in [0.25, 0.3) is 0 Å². The van der Waals surface area contributed by atoms with Crippen molar-refractivity contribution < 1.29 is 14.3 Å². The minimum Gasteiger partial charge on any atom is -0.457 e. The Labute approximate surface area is 162 Å². The molecule has 1 N–H and O–H groups in total. The second-order valence-electron chi connectivity index (χ2n) is 5.90. The first-order valence-corrected chi connectivity index (χ1v) is 8.73. The molecule has 3 rings (SSSR count). The van der Waals surface area contributed by atoms with Crippen molar-refractivity contribution in [2.75, 3.05) is 12.4 Å². The fourth-order valence-corrected chi connectivity index (χ4v) is 2.65. The fourth-order valence-electron chi connectivity index (χ4n) is 2.52. The van der Waals surface area contributed by atoms with E-state index < -0.39 is 0 Å². The van der Waals surface area contributed by atoms with E-state index in [0.29, 0.717) is 40.1 Å². The third-order valence-electron chi connectivity index (χ3n) is 3.84. The third-order valence-corrected chi connectivity index (χ3v) is 4.09. The maximum atomic E-state index is 12.5. The van der Waals surface area contributed by atoms with E-state index in [1.807, 2.05) is 0 Å². The van der Waals surface area contributed by atoms with Crippen LogP contribution >= 0.6 is 11.6 Å². The number of hydrogen-bond donors (Lipinski definition) is 1. The van der Waals surface area contributed by atoms with Crippen LogP contribution in [-0.4, -0.2) is 18.0 Å². The van der Waals surface area contributed by atoms with Crippen LogP contribution in [0.5, 0.6) is 11.5 Å². The van der Waals surface area contributed by atoms with Gasteiger partial charge in [0, 0.05) is 17.8 Å². The average molecular weight is 383 g/mol. The highest BCUT2D eigenvalue weighted by Gasteiger charge is 2.11. The number of amides is 1. The monoisotopic (exact) mass is 382 g/mol. The van der Waals surface area contributed by atoms with Gasteiger partial charge in [-0.3, -0.25) is 9.78 Å². The van der Waals surface area contributed by atoms with Gasteiger partial charge in [0.25, 0.3) is 5.91 Å². The van der Waals surface area contributed by atoms with E-state index in [0.717, 1.165) is 5.69 Å². The predicted molar refractivity (Wildman–Crippen MR) is 106 cm³/mol. The number of ether oxygens (including phenoxy) is 2. The van der Waals surface area contributed by atoms with Crippen molar-refractivity contribution in [2.45, 2.75) is 13.5 Å². The van der Waals surface area contributed by atoms with Crippen molar-refractivity contribution in [2.24, 2.45) is 0 Å². The van der Waals surface area contributed by atoms with Crippen molar-refractivity contribution >= 4 is 23.2 Å². The largest absolute Gasteiger partial charge is 0.457 e. The van der Waals surface area contributed by atoms with Crippen LogP contribution in [0, 0.1) is 6.92 Å². The summed E-state index contributed by atoms with van der Waals surface area (Å²) in [6.07, 6.45) is 0. The molecule has 0 aliphatic heterocycles. The molecule has 5 nitrogen and oxygen atoms in total. The molecule has 0 saturated heterocycles. The molecule has 0 unspecified atom stereocenters. The standard InChI is InChI=1S/C21H19ClN2O3/c1-14-20(12-7-17(23-14)13-26-2)21(25)24-16-5-10-19(11-6-16)27-18-8-3-15(22)4-9-18/h3-12H,13H2,1-2H3,(H,24,25). The van der Waals surface area contributed by atoms with Crippen molar-refractivity contribution in [3.05, 3.63) is 82.6 Å². The van der Waals surface area contributed by atoms with Crippen LogP contribution < -0.4 is 10.1 Å². The SMILES string of the molecule is COCc1ccc(C(=O)Nc2ccc(Oc3ccc(Cl)cc3)cc2)c(C)n1. The summed E-state index contributed by atoms with van der Waals surface area (Å²) < 4.78 is 10.8. The van der Waals surface area contributed by atoms with Crippen molar-refractivity contribution in [3.63, 3.8) is 0 Å². The Bertz CT molecular complexity index is 925. The summed E-state index contributed by atoms with van der Waals surface area (Å²) in [6.45, 7) is 2.22. The number of rotatable bonds is 6. The number of pyridine rings is 1. The number of hydrogen-bond acceptors (Lipinski definition) is 4. The van der Waals surface area contributed by atoms with Gasteiger partial charge in [0.1, 0.15) is 11.5 Å². The lowest BCUT2D eigenvalue weighted by Crippen LogP contribution is -2.14. The second kappa shape index (κ2) is 8.66. The number of nitrogens with zero attached hydrogens (tertiary/aromatic N) is 1. The highest BCUT2D eigenvalue weighted by atomic mass is 35.5. The first-order chi connectivity index (χ1) is 13.0. The minimum atomic E-state index is -0.213. The zero-order valence-electron chi connectivity index (χ0n) is 15.0. The molecule has 3 aromatic rings. The quantitative estimate of drug-likeness (QED) is 0.633. The van der Waals surface area contributed by atoms with Crippen LogP contribution in [-0.2, 0) is 11.3 Å². The summed E-state index contributed by atoms with van der Waals surface area (Å²) >= 11 is 5.86. The number of benzene rings is 2. The third kappa shape index (κ3) is 5.06. The molecule has 0 aliphatic carbocycles. The molecule has 0 aliphatic rings. The Morgan fingerprint density at radius 1 is 1.00 bits per heavy atom. The van der Waals surface area contributed by atoms with Gasteiger partial charge >= 0.3 is 0 Å². The molecule has 0 radical (unpaired) electrons. The van der Waals surface area contributed by atoms with Crippen LogP contribution in [0.15, 0.2) is 60.7 Å². The lowest BCUT2D eigenvalue weighted by Gasteiger charge is -2.10. The zero-order valence-corrected chi connectivity index (χ0v) is 15.8. The second-order valence-corrected chi connectivity index (χ2v) is 6.34. The first kappa shape index (κ1) is 18.9. The number of carbonyl (C=O) groups excluding carboxylic acids is 1. The molecule has 138 valence electrons. The Kier molecular flexibility index (Phi) is 6.06. The van der Waals surface area contributed by atoms with E-state index in [1.54, 1.807) is 74.7 Å². The van der Waals surface area contributed by atoms with E-state index in [4.69, 9.17) is 21.1 Å². The van der Waals surface area contributed by atoms with Gasteiger partial charge in [-0.1, -0.05) is 11.6 Å². The van der Waals surface area contributed by atoms with Crippen LogP contribution in [0.1, 0.15) is 21.7 Å². The number of methoxy groups -OCH3 is 1. The highest BCUT2D eigenvalue weighted by Crippen LogP contribution is 2.24. The smallest absolute Gasteiger partial charge is 0.257 e. The molecule has 0 saturated carbocycles. The Morgan fingerprint density at radius 3 is 2.22 bits per heavy atom. The Morgan fingerprint density at radius 2 is 1.63 bits per heavy atom. The van der Waals surface area contributed by atoms with Crippen molar-refractivity contribution in [3.8, 4) is 11.5 Å². The van der Waals surface area contributed by atoms with Gasteiger partial charge in [0.2, 0.25) is 0 Å². The summed E-state index contributed by atoms with van der Waals surface area (Å²) in [5, 5.41) is 3.52. The lowest BCUT2D eigenvalue weighted by atomic mass is 10.1. The molecule has 0 bridgehead atoms. The topological polar surface area (TPSA) is 60.5 Å². The molecule has 1 amide bonds. The van der Waals surface area contributed by atoms with Gasteiger partial charge < -0.3 is 14.8 Å². The summed E-state index contributed by atoms with van der Waals surface area (Å²) in [5.41, 5.74) is 2.64. The van der Waals surface area contributed by atoms with Gasteiger partial charge in [0.05, 0.1) is 23.6 Å². The molecule has 27 heavy (non-hydrogen) atoms. The van der Waals surface area contributed by atoms with Gasteiger partial charge in [-0.15, -0.1) is 0 Å². The van der Waals surface area contributed by atoms with Gasteiger partial charge in [-0.05, 0) is 67.6 Å². The average Bonchev–Trinajstić information content (AvgIpc) is 2.65. The Balaban J connectivity index is 1.65. The molecule has 6 heteroatoms. The van der Waals surface area contributed by atoms with Crippen molar-refractivity contribution in [1.29, 1.82) is 0 Å². The predicted octanol–water partition coefficient (Wildman–Crippen LogP) is 5.23. The first-order valence-electron chi connectivity index (χ1n) is 8.35. The molecule has 1 aromatic heterocycles. The molecule has 2 aromatic carbocycles. The van der Waals surface area contributed by atoms with Crippen molar-refractivity contribution in [1.82, 2.24) is 4.98 Å². The molecule has 1 heterocycles. The van der Waals surface area contributed by atoms with E-state index in [-0.39, 0.29) is 5.91 Å². The Hall–Kier alpha value is -2.89. The number of aryl methyl sites for hydroxylation is 1. The van der Waals surface area contributed by atoms with Crippen LogP contribution in [0.4, 0.5) is 5.69 Å². The highest BCUT2D eigenvalue weighted by molar-refractivity contribution is 6.30. The summed E-state index contributed by atoms with van der Waals surface area (Å²) in [5.74, 6) is 1.14.